The average molecular weight is 250 g/mol. The predicted molar refractivity (Wildman–Crippen MR) is 73.2 cm³/mol. The third-order valence-electron chi connectivity index (χ3n) is 2.48. The summed E-state index contributed by atoms with van der Waals surface area (Å²) < 4.78 is 0. The van der Waals surface area contributed by atoms with Crippen LogP contribution in [0.2, 0.25) is 0 Å². The van der Waals surface area contributed by atoms with Crippen LogP contribution in [0.4, 0.5) is 0 Å². The number of carbonyl (C=O) groups is 1. The molecule has 5 heteroatoms. The van der Waals surface area contributed by atoms with Crippen LogP contribution in [0.25, 0.3) is 0 Å². The smallest absolute Gasteiger partial charge is 0.220 e. The Morgan fingerprint density at radius 2 is 2.22 bits per heavy atom. The largest absolute Gasteiger partial charge is 0.357 e. The number of rotatable bonds is 7. The summed E-state index contributed by atoms with van der Waals surface area (Å²) in [4.78, 5) is 15.8. The fraction of sp³-hybridized carbons (Fsp3) is 0.692. The maximum absolute atomic E-state index is 11.4. The molecule has 1 aliphatic rings. The Morgan fingerprint density at radius 3 is 2.83 bits per heavy atom. The Hall–Kier alpha value is -1.70. The molecule has 1 fully saturated rings. The fourth-order valence-corrected chi connectivity index (χ4v) is 1.43. The molecule has 1 saturated carbocycles. The molecule has 1 rings (SSSR count). The highest BCUT2D eigenvalue weighted by atomic mass is 16.1. The molecule has 0 unspecified atom stereocenters. The van der Waals surface area contributed by atoms with Crippen LogP contribution in [0.15, 0.2) is 4.99 Å². The minimum atomic E-state index is 0.134. The van der Waals surface area contributed by atoms with Crippen LogP contribution >= 0.6 is 0 Å². The van der Waals surface area contributed by atoms with Gasteiger partial charge >= 0.3 is 0 Å². The van der Waals surface area contributed by atoms with Crippen molar-refractivity contribution >= 4 is 11.9 Å². The molecule has 0 atom stereocenters. The standard InChI is InChI=1S/C13H22N4O/c1-3-9-15-13(14-4-2)16-10-5-6-12(18)17-11-7-8-11/h1,11H,4-10H2,2H3,(H,17,18)(H2,14,15,16). The molecule has 0 saturated heterocycles. The summed E-state index contributed by atoms with van der Waals surface area (Å²) in [6.45, 7) is 3.86. The Kier molecular flexibility index (Phi) is 6.70. The number of guanidine groups is 1. The number of nitrogens with zero attached hydrogens (tertiary/aromatic N) is 1. The summed E-state index contributed by atoms with van der Waals surface area (Å²) in [7, 11) is 0. The van der Waals surface area contributed by atoms with Crippen LogP contribution in [0.3, 0.4) is 0 Å². The highest BCUT2D eigenvalue weighted by molar-refractivity contribution is 5.80. The Balaban J connectivity index is 2.14. The van der Waals surface area contributed by atoms with Crippen molar-refractivity contribution in [2.75, 3.05) is 19.6 Å². The lowest BCUT2D eigenvalue weighted by Gasteiger charge is -2.08. The minimum absolute atomic E-state index is 0.134. The van der Waals surface area contributed by atoms with Crippen molar-refractivity contribution in [1.82, 2.24) is 16.0 Å². The zero-order valence-corrected chi connectivity index (χ0v) is 11.0. The summed E-state index contributed by atoms with van der Waals surface area (Å²) in [5, 5.41) is 9.05. The first kappa shape index (κ1) is 14.4. The second-order valence-corrected chi connectivity index (χ2v) is 4.26. The molecule has 0 aliphatic heterocycles. The van der Waals surface area contributed by atoms with E-state index in [4.69, 9.17) is 6.42 Å². The molecule has 0 aromatic heterocycles. The topological polar surface area (TPSA) is 65.5 Å². The van der Waals surface area contributed by atoms with Crippen molar-refractivity contribution in [3.8, 4) is 12.3 Å². The van der Waals surface area contributed by atoms with Crippen LogP contribution in [-0.2, 0) is 4.79 Å². The van der Waals surface area contributed by atoms with Crippen molar-refractivity contribution in [3.63, 3.8) is 0 Å². The molecule has 3 N–H and O–H groups in total. The molecule has 5 nitrogen and oxygen atoms in total. The second-order valence-electron chi connectivity index (χ2n) is 4.26. The highest BCUT2D eigenvalue weighted by Crippen LogP contribution is 2.18. The molecule has 1 amide bonds. The summed E-state index contributed by atoms with van der Waals surface area (Å²) in [6, 6.07) is 0.440. The van der Waals surface area contributed by atoms with Gasteiger partial charge in [-0.15, -0.1) is 6.42 Å². The van der Waals surface area contributed by atoms with E-state index in [2.05, 4.69) is 26.9 Å². The molecule has 0 heterocycles. The first-order valence-corrected chi connectivity index (χ1v) is 6.51. The molecule has 18 heavy (non-hydrogen) atoms. The van der Waals surface area contributed by atoms with Crippen molar-refractivity contribution in [2.45, 2.75) is 38.6 Å². The number of nitrogens with one attached hydrogen (secondary N) is 3. The number of hydrogen-bond donors (Lipinski definition) is 3. The van der Waals surface area contributed by atoms with Crippen molar-refractivity contribution in [2.24, 2.45) is 4.99 Å². The van der Waals surface area contributed by atoms with Crippen LogP contribution in [0.1, 0.15) is 32.6 Å². The first-order valence-electron chi connectivity index (χ1n) is 6.51. The van der Waals surface area contributed by atoms with Crippen molar-refractivity contribution in [1.29, 1.82) is 0 Å². The average Bonchev–Trinajstić information content (AvgIpc) is 3.15. The summed E-state index contributed by atoms with van der Waals surface area (Å²) >= 11 is 0. The molecule has 1 aliphatic carbocycles. The lowest BCUT2D eigenvalue weighted by atomic mass is 10.3. The fourth-order valence-electron chi connectivity index (χ4n) is 1.43. The van der Waals surface area contributed by atoms with Gasteiger partial charge < -0.3 is 16.0 Å². The Morgan fingerprint density at radius 1 is 1.44 bits per heavy atom. The second kappa shape index (κ2) is 8.40. The third kappa shape index (κ3) is 6.79. The molecule has 0 spiro atoms. The monoisotopic (exact) mass is 250 g/mol. The van der Waals surface area contributed by atoms with Gasteiger partial charge in [-0.25, -0.2) is 0 Å². The van der Waals surface area contributed by atoms with Gasteiger partial charge in [0, 0.05) is 25.6 Å². The number of hydrogen-bond acceptors (Lipinski definition) is 2. The van der Waals surface area contributed by atoms with Gasteiger partial charge in [0.25, 0.3) is 0 Å². The molecule has 100 valence electrons. The molecule has 0 bridgehead atoms. The summed E-state index contributed by atoms with van der Waals surface area (Å²) in [5.41, 5.74) is 0. The first-order chi connectivity index (χ1) is 8.76. The van der Waals surface area contributed by atoms with Crippen molar-refractivity contribution < 1.29 is 4.79 Å². The van der Waals surface area contributed by atoms with Gasteiger partial charge in [-0.05, 0) is 26.2 Å². The van der Waals surface area contributed by atoms with E-state index >= 15 is 0 Å². The van der Waals surface area contributed by atoms with Crippen molar-refractivity contribution in [3.05, 3.63) is 0 Å². The van der Waals surface area contributed by atoms with Crippen LogP contribution in [0, 0.1) is 12.3 Å². The zero-order chi connectivity index (χ0) is 13.2. The van der Waals surface area contributed by atoms with E-state index in [1.807, 2.05) is 6.92 Å². The van der Waals surface area contributed by atoms with Crippen LogP contribution in [-0.4, -0.2) is 37.5 Å². The minimum Gasteiger partial charge on any atom is -0.357 e. The number of terminal acetylenes is 1. The van der Waals surface area contributed by atoms with Gasteiger partial charge in [-0.2, -0.15) is 0 Å². The number of carbonyl (C=O) groups excluding carboxylic acids is 1. The predicted octanol–water partition coefficient (Wildman–Crippen LogP) is 0.234. The van der Waals surface area contributed by atoms with Gasteiger partial charge in [0.2, 0.25) is 5.91 Å². The Labute approximate surface area is 109 Å². The quantitative estimate of drug-likeness (QED) is 0.262. The maximum atomic E-state index is 11.4. The highest BCUT2D eigenvalue weighted by Gasteiger charge is 2.22. The van der Waals surface area contributed by atoms with E-state index in [9.17, 15) is 4.79 Å². The Bertz CT molecular complexity index is 328. The van der Waals surface area contributed by atoms with E-state index in [-0.39, 0.29) is 5.91 Å². The maximum Gasteiger partial charge on any atom is 0.220 e. The van der Waals surface area contributed by atoms with Crippen LogP contribution in [0.5, 0.6) is 0 Å². The van der Waals surface area contributed by atoms with E-state index < -0.39 is 0 Å². The lowest BCUT2D eigenvalue weighted by molar-refractivity contribution is -0.121. The molecular formula is C13H22N4O. The van der Waals surface area contributed by atoms with E-state index in [1.54, 1.807) is 0 Å². The number of amides is 1. The third-order valence-corrected chi connectivity index (χ3v) is 2.48. The van der Waals surface area contributed by atoms with Gasteiger partial charge in [0.1, 0.15) is 0 Å². The van der Waals surface area contributed by atoms with Gasteiger partial charge in [0.15, 0.2) is 5.96 Å². The lowest BCUT2D eigenvalue weighted by Crippen LogP contribution is -2.37. The molecule has 0 radical (unpaired) electrons. The molecule has 0 aromatic carbocycles. The van der Waals surface area contributed by atoms with Gasteiger partial charge in [0.05, 0.1) is 6.54 Å². The zero-order valence-electron chi connectivity index (χ0n) is 11.0. The van der Waals surface area contributed by atoms with Gasteiger partial charge in [-0.1, -0.05) is 5.92 Å². The van der Waals surface area contributed by atoms with Gasteiger partial charge in [-0.3, -0.25) is 9.79 Å². The number of aliphatic imine (C=N–C) groups is 1. The normalized spacial score (nSPS) is 14.8. The van der Waals surface area contributed by atoms with E-state index in [1.165, 1.54) is 0 Å². The SMILES string of the molecule is C#CCNC(=NCCCC(=O)NC1CC1)NCC. The molecule has 0 aromatic rings. The summed E-state index contributed by atoms with van der Waals surface area (Å²) in [5.74, 6) is 3.34. The summed E-state index contributed by atoms with van der Waals surface area (Å²) in [6.07, 6.45) is 8.72. The van der Waals surface area contributed by atoms with E-state index in [0.29, 0.717) is 31.5 Å². The van der Waals surface area contributed by atoms with Crippen LogP contribution < -0.4 is 16.0 Å². The van der Waals surface area contributed by atoms with E-state index in [0.717, 1.165) is 25.8 Å². The molecular weight excluding hydrogens is 228 g/mol.